The van der Waals surface area contributed by atoms with Crippen LogP contribution in [-0.4, -0.2) is 35.5 Å². The van der Waals surface area contributed by atoms with E-state index in [1.807, 2.05) is 29.2 Å². The van der Waals surface area contributed by atoms with Crippen LogP contribution in [0.1, 0.15) is 41.2 Å². The van der Waals surface area contributed by atoms with Gasteiger partial charge in [0, 0.05) is 29.8 Å². The van der Waals surface area contributed by atoms with Crippen LogP contribution in [0.5, 0.6) is 11.5 Å². The van der Waals surface area contributed by atoms with Crippen molar-refractivity contribution in [2.45, 2.75) is 25.3 Å². The maximum atomic E-state index is 12.9. The molecule has 1 fully saturated rings. The SMILES string of the molecule is O=C(c1cncc(Br)c1)N1CCC[C@@H]1c1ccc2c(c1)OCCCO2. The first kappa shape index (κ1) is 16.4. The van der Waals surface area contributed by atoms with Crippen LogP contribution in [0.25, 0.3) is 0 Å². The molecule has 0 aliphatic carbocycles. The lowest BCUT2D eigenvalue weighted by Gasteiger charge is -2.25. The van der Waals surface area contributed by atoms with E-state index >= 15 is 0 Å². The van der Waals surface area contributed by atoms with Crippen molar-refractivity contribution in [3.05, 3.63) is 52.3 Å². The van der Waals surface area contributed by atoms with Crippen molar-refractivity contribution in [3.8, 4) is 11.5 Å². The van der Waals surface area contributed by atoms with E-state index in [2.05, 4.69) is 20.9 Å². The van der Waals surface area contributed by atoms with Gasteiger partial charge in [0.25, 0.3) is 5.91 Å². The number of ether oxygens (including phenoxy) is 2. The number of likely N-dealkylation sites (tertiary alicyclic amines) is 1. The maximum absolute atomic E-state index is 12.9. The average Bonchev–Trinajstić information content (AvgIpc) is 2.99. The Labute approximate surface area is 155 Å². The van der Waals surface area contributed by atoms with E-state index in [-0.39, 0.29) is 11.9 Å². The van der Waals surface area contributed by atoms with Crippen LogP contribution in [0.15, 0.2) is 41.1 Å². The molecule has 1 saturated heterocycles. The van der Waals surface area contributed by atoms with Gasteiger partial charge in [-0.25, -0.2) is 0 Å². The molecule has 0 radical (unpaired) electrons. The van der Waals surface area contributed by atoms with E-state index in [0.29, 0.717) is 18.8 Å². The molecule has 3 heterocycles. The molecule has 0 spiro atoms. The van der Waals surface area contributed by atoms with Crippen LogP contribution in [0, 0.1) is 0 Å². The lowest BCUT2D eigenvalue weighted by molar-refractivity contribution is 0.0735. The van der Waals surface area contributed by atoms with Gasteiger partial charge >= 0.3 is 0 Å². The highest BCUT2D eigenvalue weighted by Gasteiger charge is 2.31. The van der Waals surface area contributed by atoms with Gasteiger partial charge in [-0.1, -0.05) is 6.07 Å². The number of carbonyl (C=O) groups excluding carboxylic acids is 1. The van der Waals surface area contributed by atoms with Crippen molar-refractivity contribution in [2.75, 3.05) is 19.8 Å². The van der Waals surface area contributed by atoms with Gasteiger partial charge in [-0.3, -0.25) is 9.78 Å². The number of nitrogens with zero attached hydrogens (tertiary/aromatic N) is 2. The molecule has 0 unspecified atom stereocenters. The minimum Gasteiger partial charge on any atom is -0.490 e. The summed E-state index contributed by atoms with van der Waals surface area (Å²) >= 11 is 3.38. The van der Waals surface area contributed by atoms with Gasteiger partial charge in [0.2, 0.25) is 0 Å². The zero-order valence-corrected chi connectivity index (χ0v) is 15.4. The maximum Gasteiger partial charge on any atom is 0.255 e. The van der Waals surface area contributed by atoms with Crippen molar-refractivity contribution in [2.24, 2.45) is 0 Å². The van der Waals surface area contributed by atoms with Crippen LogP contribution < -0.4 is 9.47 Å². The molecule has 0 bridgehead atoms. The molecule has 1 atom stereocenters. The summed E-state index contributed by atoms with van der Waals surface area (Å²) in [6.45, 7) is 2.09. The fourth-order valence-electron chi connectivity index (χ4n) is 3.44. The highest BCUT2D eigenvalue weighted by Crippen LogP contribution is 2.38. The van der Waals surface area contributed by atoms with Crippen molar-refractivity contribution in [1.82, 2.24) is 9.88 Å². The van der Waals surface area contributed by atoms with Gasteiger partial charge in [0.15, 0.2) is 11.5 Å². The molecule has 4 rings (SSSR count). The summed E-state index contributed by atoms with van der Waals surface area (Å²) in [5, 5.41) is 0. The third-order valence-electron chi connectivity index (χ3n) is 4.62. The fraction of sp³-hybridized carbons (Fsp3) is 0.368. The number of rotatable bonds is 2. The third kappa shape index (κ3) is 3.35. The Morgan fingerprint density at radius 2 is 1.96 bits per heavy atom. The lowest BCUT2D eigenvalue weighted by atomic mass is 10.0. The summed E-state index contributed by atoms with van der Waals surface area (Å²) in [6, 6.07) is 7.90. The topological polar surface area (TPSA) is 51.7 Å². The van der Waals surface area contributed by atoms with Gasteiger partial charge in [-0.05, 0) is 52.5 Å². The number of aromatic nitrogens is 1. The molecule has 6 heteroatoms. The first-order chi connectivity index (χ1) is 12.2. The predicted molar refractivity (Wildman–Crippen MR) is 97.0 cm³/mol. The van der Waals surface area contributed by atoms with Crippen molar-refractivity contribution >= 4 is 21.8 Å². The van der Waals surface area contributed by atoms with Crippen molar-refractivity contribution in [1.29, 1.82) is 0 Å². The molecular weight excluding hydrogens is 384 g/mol. The lowest BCUT2D eigenvalue weighted by Crippen LogP contribution is -2.30. The minimum absolute atomic E-state index is 0.0170. The number of pyridine rings is 1. The molecule has 5 nitrogen and oxygen atoms in total. The summed E-state index contributed by atoms with van der Waals surface area (Å²) in [5.74, 6) is 1.58. The molecule has 0 N–H and O–H groups in total. The first-order valence-electron chi connectivity index (χ1n) is 8.53. The van der Waals surface area contributed by atoms with Crippen LogP contribution >= 0.6 is 15.9 Å². The van der Waals surface area contributed by atoms with Gasteiger partial charge < -0.3 is 14.4 Å². The molecule has 130 valence electrons. The highest BCUT2D eigenvalue weighted by molar-refractivity contribution is 9.10. The number of halogens is 1. The van der Waals surface area contributed by atoms with Gasteiger partial charge in [-0.2, -0.15) is 0 Å². The Hall–Kier alpha value is -2.08. The largest absolute Gasteiger partial charge is 0.490 e. The normalized spacial score (nSPS) is 19.6. The Morgan fingerprint density at radius 3 is 2.80 bits per heavy atom. The standard InChI is InChI=1S/C19H19BrN2O3/c20-15-9-14(11-21-12-15)19(23)22-6-1-3-16(22)13-4-5-17-18(10-13)25-8-2-7-24-17/h4-5,9-12,16H,1-3,6-8H2/t16-/m1/s1. The number of fused-ring (bicyclic) bond motifs is 1. The van der Waals surface area contributed by atoms with Gasteiger partial charge in [-0.15, -0.1) is 0 Å². The Bertz CT molecular complexity index is 796. The smallest absolute Gasteiger partial charge is 0.255 e. The zero-order valence-electron chi connectivity index (χ0n) is 13.8. The van der Waals surface area contributed by atoms with Crippen molar-refractivity contribution < 1.29 is 14.3 Å². The number of amides is 1. The van der Waals surface area contributed by atoms with E-state index in [1.165, 1.54) is 0 Å². The van der Waals surface area contributed by atoms with E-state index in [0.717, 1.165) is 47.3 Å². The van der Waals surface area contributed by atoms with Gasteiger partial charge in [0.1, 0.15) is 0 Å². The van der Waals surface area contributed by atoms with Crippen LogP contribution in [0.3, 0.4) is 0 Å². The second-order valence-electron chi connectivity index (χ2n) is 6.31. The molecular formula is C19H19BrN2O3. The van der Waals surface area contributed by atoms with Gasteiger partial charge in [0.05, 0.1) is 24.8 Å². The van der Waals surface area contributed by atoms with Crippen LogP contribution in [-0.2, 0) is 0 Å². The summed E-state index contributed by atoms with van der Waals surface area (Å²) in [7, 11) is 0. The second kappa shape index (κ2) is 7.04. The van der Waals surface area contributed by atoms with E-state index < -0.39 is 0 Å². The highest BCUT2D eigenvalue weighted by atomic mass is 79.9. The summed E-state index contributed by atoms with van der Waals surface area (Å²) in [4.78, 5) is 19.0. The third-order valence-corrected chi connectivity index (χ3v) is 5.06. The molecule has 1 aromatic heterocycles. The van der Waals surface area contributed by atoms with Crippen molar-refractivity contribution in [3.63, 3.8) is 0 Å². The fourth-order valence-corrected chi connectivity index (χ4v) is 3.80. The molecule has 2 aliphatic rings. The number of hydrogen-bond donors (Lipinski definition) is 0. The van der Waals surface area contributed by atoms with Crippen LogP contribution in [0.4, 0.5) is 0 Å². The number of carbonyl (C=O) groups is 1. The molecule has 25 heavy (non-hydrogen) atoms. The van der Waals surface area contributed by atoms with E-state index in [4.69, 9.17) is 9.47 Å². The summed E-state index contributed by atoms with van der Waals surface area (Å²) in [5.41, 5.74) is 1.70. The molecule has 1 aromatic carbocycles. The Morgan fingerprint density at radius 1 is 1.12 bits per heavy atom. The average molecular weight is 403 g/mol. The molecule has 2 aliphatic heterocycles. The predicted octanol–water partition coefficient (Wildman–Crippen LogP) is 3.98. The quantitative estimate of drug-likeness (QED) is 0.761. The first-order valence-corrected chi connectivity index (χ1v) is 9.33. The van der Waals surface area contributed by atoms with E-state index in [1.54, 1.807) is 12.4 Å². The van der Waals surface area contributed by atoms with Crippen LogP contribution in [0.2, 0.25) is 0 Å². The Kier molecular flexibility index (Phi) is 4.61. The van der Waals surface area contributed by atoms with E-state index in [9.17, 15) is 4.79 Å². The number of hydrogen-bond acceptors (Lipinski definition) is 4. The molecule has 1 amide bonds. The second-order valence-corrected chi connectivity index (χ2v) is 7.22. The summed E-state index contributed by atoms with van der Waals surface area (Å²) in [6.07, 6.45) is 6.13. The minimum atomic E-state index is 0.0170. The Balaban J connectivity index is 1.61. The molecule has 0 saturated carbocycles. The number of benzene rings is 1. The molecule has 2 aromatic rings. The monoisotopic (exact) mass is 402 g/mol. The zero-order chi connectivity index (χ0) is 17.2. The summed E-state index contributed by atoms with van der Waals surface area (Å²) < 4.78 is 12.3.